The normalized spacial score (nSPS) is 16.3. The van der Waals surface area contributed by atoms with Crippen LogP contribution in [0.3, 0.4) is 0 Å². The van der Waals surface area contributed by atoms with Gasteiger partial charge in [-0.1, -0.05) is 30.3 Å². The van der Waals surface area contributed by atoms with E-state index in [0.29, 0.717) is 22.7 Å². The van der Waals surface area contributed by atoms with Crippen molar-refractivity contribution in [3.05, 3.63) is 77.7 Å². The van der Waals surface area contributed by atoms with Gasteiger partial charge in [0.05, 0.1) is 41.7 Å². The summed E-state index contributed by atoms with van der Waals surface area (Å²) >= 11 is -1.28. The van der Waals surface area contributed by atoms with Crippen molar-refractivity contribution in [3.8, 4) is 28.8 Å². The van der Waals surface area contributed by atoms with E-state index in [1.807, 2.05) is 57.3 Å². The fraction of sp³-hybridized carbons (Fsp3) is 0.441. The molecule has 0 saturated carbocycles. The molecule has 1 unspecified atom stereocenters. The van der Waals surface area contributed by atoms with E-state index in [-0.39, 0.29) is 6.61 Å². The summed E-state index contributed by atoms with van der Waals surface area (Å²) in [6.07, 6.45) is 6.68. The van der Waals surface area contributed by atoms with Gasteiger partial charge in [-0.25, -0.2) is 9.50 Å². The van der Waals surface area contributed by atoms with Crippen LogP contribution >= 0.6 is 0 Å². The van der Waals surface area contributed by atoms with E-state index < -0.39 is 27.2 Å². The van der Waals surface area contributed by atoms with Gasteiger partial charge in [0.1, 0.15) is 23.2 Å². The van der Waals surface area contributed by atoms with Crippen LogP contribution in [-0.2, 0) is 23.4 Å². The molecule has 0 spiro atoms. The number of methoxy groups -OCH3 is 1. The van der Waals surface area contributed by atoms with Crippen molar-refractivity contribution < 1.29 is 19.1 Å². The molecule has 2 N–H and O–H groups in total. The van der Waals surface area contributed by atoms with Crippen LogP contribution in [0.15, 0.2) is 61.1 Å². The summed E-state index contributed by atoms with van der Waals surface area (Å²) in [5.41, 5.74) is 3.54. The largest absolute Gasteiger partial charge is 0.598 e. The second-order valence-electron chi connectivity index (χ2n) is 13.3. The molecule has 0 aliphatic carbocycles. The number of nitrogens with zero attached hydrogens (tertiary/aromatic N) is 5. The third-order valence-corrected chi connectivity index (χ3v) is 9.70. The first-order valence-electron chi connectivity index (χ1n) is 15.1. The highest BCUT2D eigenvalue weighted by Gasteiger charge is 2.43. The number of piperidine rings is 1. The summed E-state index contributed by atoms with van der Waals surface area (Å²) in [7, 11) is 1.61. The Morgan fingerprint density at radius 3 is 2.38 bits per heavy atom. The molecule has 11 heteroatoms. The van der Waals surface area contributed by atoms with Gasteiger partial charge in [-0.2, -0.15) is 10.4 Å². The lowest BCUT2D eigenvalue weighted by molar-refractivity contribution is 0.0283. The van der Waals surface area contributed by atoms with Crippen LogP contribution in [0.25, 0.3) is 16.6 Å². The molecule has 5 rings (SSSR count). The first kappa shape index (κ1) is 32.7. The molecule has 1 fully saturated rings. The van der Waals surface area contributed by atoms with Gasteiger partial charge in [-0.3, -0.25) is 4.90 Å². The van der Waals surface area contributed by atoms with Crippen molar-refractivity contribution in [1.82, 2.24) is 24.2 Å². The molecule has 0 radical (unpaired) electrons. The fourth-order valence-corrected chi connectivity index (χ4v) is 6.45. The number of hydrogen-bond acceptors (Lipinski definition) is 9. The van der Waals surface area contributed by atoms with E-state index in [9.17, 15) is 14.9 Å². The predicted molar refractivity (Wildman–Crippen MR) is 175 cm³/mol. The molecule has 4 aromatic rings. The molecule has 10 nitrogen and oxygen atoms in total. The van der Waals surface area contributed by atoms with Crippen LogP contribution in [0.2, 0.25) is 0 Å². The molecular weight excluding hydrogens is 588 g/mol. The highest BCUT2D eigenvalue weighted by Crippen LogP contribution is 2.38. The smallest absolute Gasteiger partial charge is 0.212 e. The second kappa shape index (κ2) is 13.0. The van der Waals surface area contributed by atoms with Crippen molar-refractivity contribution in [1.29, 1.82) is 5.26 Å². The number of aliphatic hydroxyl groups is 1. The van der Waals surface area contributed by atoms with E-state index in [1.54, 1.807) is 37.9 Å². The summed E-state index contributed by atoms with van der Waals surface area (Å²) in [6.45, 7) is 11.8. The van der Waals surface area contributed by atoms with Gasteiger partial charge >= 0.3 is 0 Å². The Balaban J connectivity index is 1.44. The van der Waals surface area contributed by atoms with E-state index in [2.05, 4.69) is 37.9 Å². The third-order valence-electron chi connectivity index (χ3n) is 8.01. The van der Waals surface area contributed by atoms with Crippen molar-refractivity contribution in [2.45, 2.75) is 69.9 Å². The number of ether oxygens (including phenoxy) is 2. The van der Waals surface area contributed by atoms with Crippen molar-refractivity contribution in [2.24, 2.45) is 0 Å². The minimum atomic E-state index is -1.28. The second-order valence-corrected chi connectivity index (χ2v) is 15.2. The number of likely N-dealkylation sites (tertiary alicyclic amines) is 1. The minimum Gasteiger partial charge on any atom is -0.598 e. The number of benzene rings is 1. The number of aromatic nitrogens is 3. The highest BCUT2D eigenvalue weighted by molar-refractivity contribution is 7.90. The zero-order valence-electron chi connectivity index (χ0n) is 26.8. The van der Waals surface area contributed by atoms with Gasteiger partial charge in [-0.05, 0) is 70.2 Å². The maximum absolute atomic E-state index is 13.5. The van der Waals surface area contributed by atoms with Crippen LogP contribution in [0.1, 0.15) is 64.2 Å². The predicted octanol–water partition coefficient (Wildman–Crippen LogP) is 4.97. The lowest BCUT2D eigenvalue weighted by Gasteiger charge is -2.43. The number of rotatable bonds is 10. The summed E-state index contributed by atoms with van der Waals surface area (Å²) in [4.78, 5) is 6.75. The maximum Gasteiger partial charge on any atom is 0.212 e. The minimum absolute atomic E-state index is 0.106. The number of nitrogens with one attached hydrogen (secondary N) is 1. The Morgan fingerprint density at radius 1 is 1.09 bits per heavy atom. The molecule has 0 bridgehead atoms. The van der Waals surface area contributed by atoms with Crippen molar-refractivity contribution >= 4 is 16.9 Å². The molecular formula is C34H42N6O4S. The van der Waals surface area contributed by atoms with E-state index in [0.717, 1.165) is 54.7 Å². The first-order valence-corrected chi connectivity index (χ1v) is 16.2. The Labute approximate surface area is 268 Å². The van der Waals surface area contributed by atoms with Gasteiger partial charge in [0.15, 0.2) is 0 Å². The molecule has 0 amide bonds. The maximum atomic E-state index is 13.5. The Kier molecular flexibility index (Phi) is 9.44. The first-order chi connectivity index (χ1) is 21.3. The quantitative estimate of drug-likeness (QED) is 0.233. The summed E-state index contributed by atoms with van der Waals surface area (Å²) in [6, 6.07) is 16.3. The fourth-order valence-electron chi connectivity index (χ4n) is 5.46. The average Bonchev–Trinajstić information content (AvgIpc) is 3.43. The van der Waals surface area contributed by atoms with Crippen LogP contribution in [0.4, 0.5) is 0 Å². The summed E-state index contributed by atoms with van der Waals surface area (Å²) in [5.74, 6) is 1.13. The average molecular weight is 631 g/mol. The lowest BCUT2D eigenvalue weighted by atomic mass is 9.81. The molecule has 3 aromatic heterocycles. The van der Waals surface area contributed by atoms with Gasteiger partial charge in [0.2, 0.25) is 5.88 Å². The molecule has 1 aliphatic rings. The summed E-state index contributed by atoms with van der Waals surface area (Å²) in [5, 5.41) is 24.4. The van der Waals surface area contributed by atoms with E-state index in [1.165, 1.54) is 0 Å². The summed E-state index contributed by atoms with van der Waals surface area (Å²) < 4.78 is 29.4. The molecule has 238 valence electrons. The van der Waals surface area contributed by atoms with Crippen LogP contribution in [0.5, 0.6) is 11.6 Å². The SMILES string of the molecule is COc1ccc(CN2CCC(N[S+]([O-])C(C)(C)C)(c3ccc(-c4cc(OCC(C)(C)O)cn5ncc(C#N)c45)cc3)CC2)cn1. The molecule has 1 saturated heterocycles. The number of nitriles is 1. The van der Waals surface area contributed by atoms with Crippen molar-refractivity contribution in [3.63, 3.8) is 0 Å². The monoisotopic (exact) mass is 630 g/mol. The lowest BCUT2D eigenvalue weighted by Crippen LogP contribution is -2.56. The Hall–Kier alpha value is -3.66. The zero-order chi connectivity index (χ0) is 32.4. The third kappa shape index (κ3) is 7.60. The van der Waals surface area contributed by atoms with Crippen molar-refractivity contribution in [2.75, 3.05) is 26.8 Å². The molecule has 1 aliphatic heterocycles. The number of fused-ring (bicyclic) bond motifs is 1. The van der Waals surface area contributed by atoms with E-state index in [4.69, 9.17) is 9.47 Å². The van der Waals surface area contributed by atoms with Crippen LogP contribution < -0.4 is 14.2 Å². The number of pyridine rings is 2. The van der Waals surface area contributed by atoms with Crippen LogP contribution in [0, 0.1) is 11.3 Å². The number of hydrogen-bond donors (Lipinski definition) is 2. The topological polar surface area (TPSA) is 131 Å². The van der Waals surface area contributed by atoms with Gasteiger partial charge in [0, 0.05) is 48.8 Å². The highest BCUT2D eigenvalue weighted by atomic mass is 32.2. The van der Waals surface area contributed by atoms with Gasteiger partial charge in [-0.15, -0.1) is 4.72 Å². The molecule has 4 heterocycles. The van der Waals surface area contributed by atoms with Crippen LogP contribution in [-0.4, -0.2) is 66.3 Å². The molecule has 45 heavy (non-hydrogen) atoms. The van der Waals surface area contributed by atoms with Gasteiger partial charge in [0.25, 0.3) is 0 Å². The Morgan fingerprint density at radius 2 is 1.80 bits per heavy atom. The van der Waals surface area contributed by atoms with E-state index >= 15 is 0 Å². The zero-order valence-corrected chi connectivity index (χ0v) is 27.6. The Bertz CT molecular complexity index is 1640. The molecule has 1 atom stereocenters. The van der Waals surface area contributed by atoms with Gasteiger partial charge < -0.3 is 19.1 Å². The standard InChI is InChI=1S/C34H42N6O4S/c1-32(2,3)45(42)38-34(13-15-39(16-14-34)21-24-7-12-30(43-6)36-19-24)27-10-8-25(9-11-27)29-17-28(44-23-33(4,5)41)22-40-31(29)26(18-35)20-37-40/h7-12,17,19-20,22,38,41H,13-16,21,23H2,1-6H3. The molecule has 1 aromatic carbocycles.